The van der Waals surface area contributed by atoms with Gasteiger partial charge in [0.25, 0.3) is 0 Å². The molecular weight excluding hydrogens is 172 g/mol. The molecule has 0 aliphatic rings. The Kier molecular flexibility index (Phi) is 4.50. The lowest BCUT2D eigenvalue weighted by atomic mass is 10.1. The normalized spacial score (nSPS) is 8.93. The Morgan fingerprint density at radius 1 is 1.29 bits per heavy atom. The van der Waals surface area contributed by atoms with Gasteiger partial charge in [0.05, 0.1) is 0 Å². The Morgan fingerprint density at radius 3 is 2.64 bits per heavy atom. The van der Waals surface area contributed by atoms with E-state index in [-0.39, 0.29) is 5.78 Å². The van der Waals surface area contributed by atoms with Gasteiger partial charge in [-0.1, -0.05) is 30.3 Å². The molecule has 0 atom stereocenters. The lowest BCUT2D eigenvalue weighted by Gasteiger charge is -1.98. The van der Waals surface area contributed by atoms with E-state index in [1.54, 1.807) is 6.92 Å². The number of carbonyl (C=O) groups excluding carboxylic acids is 1. The third kappa shape index (κ3) is 3.91. The molecule has 0 saturated heterocycles. The molecule has 0 aliphatic carbocycles. The van der Waals surface area contributed by atoms with Crippen molar-refractivity contribution >= 4 is 5.78 Å². The molecule has 1 rings (SSSR count). The SMILES string of the molecule is CC#CCCC(=O)Cc1ccccc1. The van der Waals surface area contributed by atoms with Gasteiger partial charge in [0, 0.05) is 19.3 Å². The highest BCUT2D eigenvalue weighted by Gasteiger charge is 2.01. The highest BCUT2D eigenvalue weighted by molar-refractivity contribution is 5.81. The second-order valence-corrected chi connectivity index (χ2v) is 3.13. The van der Waals surface area contributed by atoms with Gasteiger partial charge in [-0.25, -0.2) is 0 Å². The van der Waals surface area contributed by atoms with Crippen molar-refractivity contribution in [1.82, 2.24) is 0 Å². The lowest BCUT2D eigenvalue weighted by Crippen LogP contribution is -2.01. The fourth-order valence-electron chi connectivity index (χ4n) is 1.24. The second-order valence-electron chi connectivity index (χ2n) is 3.13. The van der Waals surface area contributed by atoms with Crippen molar-refractivity contribution in [2.45, 2.75) is 26.2 Å². The van der Waals surface area contributed by atoms with Gasteiger partial charge in [0.2, 0.25) is 0 Å². The Morgan fingerprint density at radius 2 is 2.00 bits per heavy atom. The largest absolute Gasteiger partial charge is 0.299 e. The second kappa shape index (κ2) is 5.99. The molecule has 14 heavy (non-hydrogen) atoms. The fraction of sp³-hybridized carbons (Fsp3) is 0.308. The summed E-state index contributed by atoms with van der Waals surface area (Å²) in [5, 5.41) is 0. The van der Waals surface area contributed by atoms with E-state index in [1.807, 2.05) is 30.3 Å². The van der Waals surface area contributed by atoms with Gasteiger partial charge in [-0.15, -0.1) is 11.8 Å². The molecule has 0 heterocycles. The lowest BCUT2D eigenvalue weighted by molar-refractivity contribution is -0.118. The molecule has 0 amide bonds. The van der Waals surface area contributed by atoms with Crippen LogP contribution in [0.3, 0.4) is 0 Å². The molecule has 0 radical (unpaired) electrons. The van der Waals surface area contributed by atoms with Gasteiger partial charge in [-0.05, 0) is 12.5 Å². The number of rotatable bonds is 4. The minimum atomic E-state index is 0.263. The van der Waals surface area contributed by atoms with Crippen molar-refractivity contribution in [3.8, 4) is 11.8 Å². The van der Waals surface area contributed by atoms with Gasteiger partial charge in [-0.2, -0.15) is 0 Å². The Balaban J connectivity index is 2.37. The molecule has 1 heteroatoms. The molecular formula is C13H14O. The van der Waals surface area contributed by atoms with E-state index >= 15 is 0 Å². The maximum Gasteiger partial charge on any atom is 0.138 e. The van der Waals surface area contributed by atoms with Crippen molar-refractivity contribution in [1.29, 1.82) is 0 Å². The standard InChI is InChI=1S/C13H14O/c1-2-3-5-10-13(14)11-12-8-6-4-7-9-12/h4,6-9H,5,10-11H2,1H3. The number of hydrogen-bond acceptors (Lipinski definition) is 1. The molecule has 0 spiro atoms. The van der Waals surface area contributed by atoms with Crippen LogP contribution in [0.25, 0.3) is 0 Å². The van der Waals surface area contributed by atoms with E-state index in [2.05, 4.69) is 11.8 Å². The number of Topliss-reactive ketones (excluding diaryl/α,β-unsaturated/α-hetero) is 1. The average Bonchev–Trinajstić information content (AvgIpc) is 2.20. The highest BCUT2D eigenvalue weighted by atomic mass is 16.1. The van der Waals surface area contributed by atoms with Crippen LogP contribution in [0.4, 0.5) is 0 Å². The third-order valence-corrected chi connectivity index (χ3v) is 1.95. The quantitative estimate of drug-likeness (QED) is 0.660. The first-order valence-electron chi connectivity index (χ1n) is 4.78. The summed E-state index contributed by atoms with van der Waals surface area (Å²) in [5.41, 5.74) is 1.09. The molecule has 0 fully saturated rings. The summed E-state index contributed by atoms with van der Waals surface area (Å²) in [6, 6.07) is 9.81. The van der Waals surface area contributed by atoms with Crippen molar-refractivity contribution < 1.29 is 4.79 Å². The summed E-state index contributed by atoms with van der Waals surface area (Å²) in [4.78, 5) is 11.4. The van der Waals surface area contributed by atoms with Crippen molar-refractivity contribution in [2.75, 3.05) is 0 Å². The predicted octanol–water partition coefficient (Wildman–Crippen LogP) is 2.60. The first-order chi connectivity index (χ1) is 6.83. The van der Waals surface area contributed by atoms with Crippen LogP contribution in [0.2, 0.25) is 0 Å². The zero-order chi connectivity index (χ0) is 10.2. The van der Waals surface area contributed by atoms with E-state index in [1.165, 1.54) is 0 Å². The van der Waals surface area contributed by atoms with E-state index < -0.39 is 0 Å². The van der Waals surface area contributed by atoms with E-state index in [9.17, 15) is 4.79 Å². The summed E-state index contributed by atoms with van der Waals surface area (Å²) < 4.78 is 0. The molecule has 0 aliphatic heterocycles. The highest BCUT2D eigenvalue weighted by Crippen LogP contribution is 2.02. The van der Waals surface area contributed by atoms with Crippen LogP contribution in [0, 0.1) is 11.8 Å². The van der Waals surface area contributed by atoms with Gasteiger partial charge in [0.15, 0.2) is 0 Å². The van der Waals surface area contributed by atoms with Gasteiger partial charge in [0.1, 0.15) is 5.78 Å². The summed E-state index contributed by atoms with van der Waals surface area (Å²) in [6.07, 6.45) is 1.78. The number of benzene rings is 1. The van der Waals surface area contributed by atoms with Crippen molar-refractivity contribution in [2.24, 2.45) is 0 Å². The first-order valence-corrected chi connectivity index (χ1v) is 4.78. The van der Waals surface area contributed by atoms with E-state index in [0.717, 1.165) is 5.56 Å². The minimum Gasteiger partial charge on any atom is -0.299 e. The molecule has 1 aromatic rings. The average molecular weight is 186 g/mol. The summed E-state index contributed by atoms with van der Waals surface area (Å²) in [6.45, 7) is 1.79. The summed E-state index contributed by atoms with van der Waals surface area (Å²) in [7, 11) is 0. The van der Waals surface area contributed by atoms with Crippen LogP contribution < -0.4 is 0 Å². The topological polar surface area (TPSA) is 17.1 Å². The molecule has 0 saturated carbocycles. The van der Waals surface area contributed by atoms with Crippen LogP contribution in [0.5, 0.6) is 0 Å². The molecule has 0 aromatic heterocycles. The van der Waals surface area contributed by atoms with Crippen LogP contribution >= 0.6 is 0 Å². The first kappa shape index (κ1) is 10.5. The maximum absolute atomic E-state index is 11.4. The molecule has 72 valence electrons. The third-order valence-electron chi connectivity index (χ3n) is 1.95. The zero-order valence-electron chi connectivity index (χ0n) is 8.42. The Labute approximate surface area is 85.1 Å². The number of hydrogen-bond donors (Lipinski definition) is 0. The molecule has 1 nitrogen and oxygen atoms in total. The van der Waals surface area contributed by atoms with Crippen molar-refractivity contribution in [3.05, 3.63) is 35.9 Å². The maximum atomic E-state index is 11.4. The van der Waals surface area contributed by atoms with Crippen LogP contribution in [0.1, 0.15) is 25.3 Å². The molecule has 0 bridgehead atoms. The van der Waals surface area contributed by atoms with Crippen LogP contribution in [-0.2, 0) is 11.2 Å². The fourth-order valence-corrected chi connectivity index (χ4v) is 1.24. The molecule has 0 unspecified atom stereocenters. The predicted molar refractivity (Wildman–Crippen MR) is 57.8 cm³/mol. The zero-order valence-corrected chi connectivity index (χ0v) is 8.42. The smallest absolute Gasteiger partial charge is 0.138 e. The molecule has 0 N–H and O–H groups in total. The van der Waals surface area contributed by atoms with Crippen molar-refractivity contribution in [3.63, 3.8) is 0 Å². The summed E-state index contributed by atoms with van der Waals surface area (Å²) >= 11 is 0. The van der Waals surface area contributed by atoms with Gasteiger partial charge >= 0.3 is 0 Å². The molecule has 1 aromatic carbocycles. The Hall–Kier alpha value is -1.55. The van der Waals surface area contributed by atoms with Gasteiger partial charge in [-0.3, -0.25) is 4.79 Å². The number of ketones is 1. The Bertz CT molecular complexity index is 340. The van der Waals surface area contributed by atoms with E-state index in [0.29, 0.717) is 19.3 Å². The summed E-state index contributed by atoms with van der Waals surface area (Å²) in [5.74, 6) is 5.94. The van der Waals surface area contributed by atoms with Gasteiger partial charge < -0.3 is 0 Å². The minimum absolute atomic E-state index is 0.263. The number of carbonyl (C=O) groups is 1. The van der Waals surface area contributed by atoms with Crippen LogP contribution in [0.15, 0.2) is 30.3 Å². The monoisotopic (exact) mass is 186 g/mol. The van der Waals surface area contributed by atoms with E-state index in [4.69, 9.17) is 0 Å². The van der Waals surface area contributed by atoms with Crippen LogP contribution in [-0.4, -0.2) is 5.78 Å².